The third-order valence-electron chi connectivity index (χ3n) is 1.97. The summed E-state index contributed by atoms with van der Waals surface area (Å²) in [5, 5.41) is 0.634. The number of halogens is 1. The summed E-state index contributed by atoms with van der Waals surface area (Å²) in [6, 6.07) is 5.37. The van der Waals surface area contributed by atoms with Gasteiger partial charge in [-0.3, -0.25) is 0 Å². The monoisotopic (exact) mass is 207 g/mol. The molecule has 0 fully saturated rings. The van der Waals surface area contributed by atoms with Crippen LogP contribution in [0.2, 0.25) is 5.02 Å². The van der Waals surface area contributed by atoms with Crippen molar-refractivity contribution >= 4 is 17.3 Å². The fourth-order valence-corrected chi connectivity index (χ4v) is 1.48. The molecule has 1 heterocycles. The van der Waals surface area contributed by atoms with Gasteiger partial charge < -0.3 is 10.7 Å². The number of H-pyrrole nitrogens is 1. The van der Waals surface area contributed by atoms with Crippen molar-refractivity contribution in [3.63, 3.8) is 0 Å². The quantitative estimate of drug-likeness (QED) is 0.707. The number of rotatable bonds is 1. The molecule has 2 rings (SSSR count). The van der Waals surface area contributed by atoms with Gasteiger partial charge in [-0.2, -0.15) is 0 Å². The maximum Gasteiger partial charge on any atom is 0.139 e. The molecule has 0 saturated carbocycles. The van der Waals surface area contributed by atoms with E-state index >= 15 is 0 Å². The molecule has 0 atom stereocenters. The maximum absolute atomic E-state index is 5.82. The Morgan fingerprint density at radius 1 is 1.43 bits per heavy atom. The number of nitrogens with two attached hydrogens (primary N) is 1. The summed E-state index contributed by atoms with van der Waals surface area (Å²) in [6.07, 6.45) is 1.77. The van der Waals surface area contributed by atoms with E-state index < -0.39 is 0 Å². The largest absolute Gasteiger partial charge is 0.398 e. The van der Waals surface area contributed by atoms with Crippen molar-refractivity contribution in [3.8, 4) is 11.4 Å². The van der Waals surface area contributed by atoms with Crippen molar-refractivity contribution in [1.82, 2.24) is 9.97 Å². The molecule has 0 aliphatic heterocycles. The molecule has 0 bridgehead atoms. The second-order valence-electron chi connectivity index (χ2n) is 3.15. The normalized spacial score (nSPS) is 10.4. The molecular weight excluding hydrogens is 198 g/mol. The molecule has 0 spiro atoms. The van der Waals surface area contributed by atoms with Crippen LogP contribution in [0.1, 0.15) is 5.69 Å². The number of nitrogens with one attached hydrogen (secondary N) is 1. The molecule has 1 aromatic heterocycles. The van der Waals surface area contributed by atoms with Gasteiger partial charge in [0.15, 0.2) is 0 Å². The lowest BCUT2D eigenvalue weighted by molar-refractivity contribution is 1.26. The minimum absolute atomic E-state index is 0.631. The van der Waals surface area contributed by atoms with Crippen LogP contribution in [0.15, 0.2) is 24.4 Å². The summed E-state index contributed by atoms with van der Waals surface area (Å²) in [5.74, 6) is 0.775. The van der Waals surface area contributed by atoms with Crippen LogP contribution in [0.4, 0.5) is 5.69 Å². The molecule has 0 aliphatic carbocycles. The van der Waals surface area contributed by atoms with Gasteiger partial charge in [0.05, 0.1) is 0 Å². The second-order valence-corrected chi connectivity index (χ2v) is 3.58. The molecule has 4 heteroatoms. The smallest absolute Gasteiger partial charge is 0.139 e. The Bertz CT molecular complexity index is 462. The zero-order valence-corrected chi connectivity index (χ0v) is 8.47. The van der Waals surface area contributed by atoms with Gasteiger partial charge in [0.25, 0.3) is 0 Å². The van der Waals surface area contributed by atoms with Crippen molar-refractivity contribution in [2.75, 3.05) is 5.73 Å². The van der Waals surface area contributed by atoms with Crippen LogP contribution in [-0.4, -0.2) is 9.97 Å². The molecule has 0 saturated heterocycles. The Morgan fingerprint density at radius 3 is 2.79 bits per heavy atom. The Hall–Kier alpha value is -1.48. The van der Waals surface area contributed by atoms with Gasteiger partial charge in [-0.1, -0.05) is 11.6 Å². The predicted octanol–water partition coefficient (Wildman–Crippen LogP) is 2.62. The Labute approximate surface area is 86.9 Å². The number of anilines is 1. The Balaban J connectivity index is 2.52. The Morgan fingerprint density at radius 2 is 2.21 bits per heavy atom. The second kappa shape index (κ2) is 3.35. The van der Waals surface area contributed by atoms with Gasteiger partial charge in [0.1, 0.15) is 5.82 Å². The number of aryl methyl sites for hydroxylation is 1. The van der Waals surface area contributed by atoms with Gasteiger partial charge in [-0.25, -0.2) is 4.98 Å². The zero-order chi connectivity index (χ0) is 10.1. The highest BCUT2D eigenvalue weighted by Crippen LogP contribution is 2.25. The number of hydrogen-bond donors (Lipinski definition) is 2. The van der Waals surface area contributed by atoms with E-state index in [1.165, 1.54) is 0 Å². The molecule has 0 radical (unpaired) electrons. The van der Waals surface area contributed by atoms with E-state index in [0.717, 1.165) is 17.1 Å². The molecular formula is C10H10ClN3. The lowest BCUT2D eigenvalue weighted by atomic mass is 10.2. The van der Waals surface area contributed by atoms with Gasteiger partial charge in [-0.15, -0.1) is 0 Å². The number of imidazole rings is 1. The SMILES string of the molecule is Cc1cnc(-c2ccc(Cl)cc2N)[nH]1. The van der Waals surface area contributed by atoms with Crippen LogP contribution in [0.25, 0.3) is 11.4 Å². The van der Waals surface area contributed by atoms with Crippen LogP contribution < -0.4 is 5.73 Å². The minimum atomic E-state index is 0.631. The average Bonchev–Trinajstić information content (AvgIpc) is 2.51. The van der Waals surface area contributed by atoms with Gasteiger partial charge in [0, 0.05) is 28.2 Å². The first-order chi connectivity index (χ1) is 6.66. The highest BCUT2D eigenvalue weighted by Gasteiger charge is 2.05. The molecule has 1 aromatic carbocycles. The molecule has 72 valence electrons. The van der Waals surface area contributed by atoms with Gasteiger partial charge >= 0.3 is 0 Å². The van der Waals surface area contributed by atoms with Crippen molar-refractivity contribution in [2.45, 2.75) is 6.92 Å². The lowest BCUT2D eigenvalue weighted by Crippen LogP contribution is -1.91. The van der Waals surface area contributed by atoms with E-state index in [9.17, 15) is 0 Å². The number of aromatic amines is 1. The van der Waals surface area contributed by atoms with Crippen LogP contribution in [0, 0.1) is 6.92 Å². The Kier molecular flexibility index (Phi) is 2.17. The first-order valence-electron chi connectivity index (χ1n) is 4.24. The van der Waals surface area contributed by atoms with Crippen LogP contribution in [0.3, 0.4) is 0 Å². The molecule has 3 nitrogen and oxygen atoms in total. The molecule has 14 heavy (non-hydrogen) atoms. The third-order valence-corrected chi connectivity index (χ3v) is 2.21. The van der Waals surface area contributed by atoms with E-state index in [0.29, 0.717) is 10.7 Å². The van der Waals surface area contributed by atoms with Crippen molar-refractivity contribution in [2.24, 2.45) is 0 Å². The number of hydrogen-bond acceptors (Lipinski definition) is 2. The summed E-state index contributed by atoms with van der Waals surface area (Å²) in [5.41, 5.74) is 8.34. The molecule has 3 N–H and O–H groups in total. The molecule has 2 aromatic rings. The van der Waals surface area contributed by atoms with Crippen LogP contribution in [0.5, 0.6) is 0 Å². The summed E-state index contributed by atoms with van der Waals surface area (Å²) in [6.45, 7) is 1.95. The topological polar surface area (TPSA) is 54.7 Å². The number of nitrogens with zero attached hydrogens (tertiary/aromatic N) is 1. The van der Waals surface area contributed by atoms with E-state index in [1.807, 2.05) is 13.0 Å². The summed E-state index contributed by atoms with van der Waals surface area (Å²) >= 11 is 5.80. The first-order valence-corrected chi connectivity index (χ1v) is 4.61. The van der Waals surface area contributed by atoms with Gasteiger partial charge in [-0.05, 0) is 25.1 Å². The summed E-state index contributed by atoms with van der Waals surface area (Å²) in [7, 11) is 0. The maximum atomic E-state index is 5.82. The highest BCUT2D eigenvalue weighted by atomic mass is 35.5. The zero-order valence-electron chi connectivity index (χ0n) is 7.71. The summed E-state index contributed by atoms with van der Waals surface area (Å²) < 4.78 is 0. The highest BCUT2D eigenvalue weighted by molar-refractivity contribution is 6.31. The van der Waals surface area contributed by atoms with E-state index in [-0.39, 0.29) is 0 Å². The summed E-state index contributed by atoms with van der Waals surface area (Å²) in [4.78, 5) is 7.32. The van der Waals surface area contributed by atoms with Crippen LogP contribution in [-0.2, 0) is 0 Å². The third kappa shape index (κ3) is 1.59. The molecule has 0 amide bonds. The fourth-order valence-electron chi connectivity index (χ4n) is 1.30. The van der Waals surface area contributed by atoms with Crippen molar-refractivity contribution in [3.05, 3.63) is 35.1 Å². The molecule has 0 aliphatic rings. The molecule has 0 unspecified atom stereocenters. The first kappa shape index (κ1) is 9.09. The van der Waals surface area contributed by atoms with Gasteiger partial charge in [0.2, 0.25) is 0 Å². The fraction of sp³-hybridized carbons (Fsp3) is 0.100. The van der Waals surface area contributed by atoms with Crippen molar-refractivity contribution < 1.29 is 0 Å². The van der Waals surface area contributed by atoms with Crippen LogP contribution >= 0.6 is 11.6 Å². The lowest BCUT2D eigenvalue weighted by Gasteiger charge is -2.02. The number of nitrogen functional groups attached to an aromatic ring is 1. The van der Waals surface area contributed by atoms with E-state index in [1.54, 1.807) is 18.3 Å². The van der Waals surface area contributed by atoms with E-state index in [2.05, 4.69) is 9.97 Å². The number of aromatic nitrogens is 2. The average molecular weight is 208 g/mol. The minimum Gasteiger partial charge on any atom is -0.398 e. The predicted molar refractivity (Wildman–Crippen MR) is 58.2 cm³/mol. The number of benzene rings is 1. The standard InChI is InChI=1S/C10H10ClN3/c1-6-5-13-10(14-6)8-3-2-7(11)4-9(8)12/h2-5H,12H2,1H3,(H,13,14). The van der Waals surface area contributed by atoms with Crippen molar-refractivity contribution in [1.29, 1.82) is 0 Å². The van der Waals surface area contributed by atoms with E-state index in [4.69, 9.17) is 17.3 Å².